The summed E-state index contributed by atoms with van der Waals surface area (Å²) in [5, 5.41) is 0. The first-order chi connectivity index (χ1) is 4.33. The summed E-state index contributed by atoms with van der Waals surface area (Å²) in [5.74, 6) is 0.870. The quantitative estimate of drug-likeness (QED) is 0.375. The summed E-state index contributed by atoms with van der Waals surface area (Å²) in [5.41, 5.74) is 1.18. The first-order valence-corrected chi connectivity index (χ1v) is 2.84. The Labute approximate surface area is 89.7 Å². The molecule has 0 amide bonds. The van der Waals surface area contributed by atoms with Crippen LogP contribution in [-0.4, -0.2) is 30.2 Å². The Bertz CT molecular complexity index is 203. The van der Waals surface area contributed by atoms with E-state index in [1.165, 1.54) is 5.56 Å². The van der Waals surface area contributed by atoms with E-state index in [9.17, 15) is 0 Å². The molecule has 1 rings (SSSR count). The number of hydrogen-bond donors (Lipinski definition) is 0. The Kier molecular flexibility index (Phi) is 8.40. The molecule has 0 saturated heterocycles. The molecule has 0 heterocycles. The van der Waals surface area contributed by atoms with E-state index >= 15 is 0 Å². The third kappa shape index (κ3) is 4.51. The number of benzene rings is 1. The SMILES string of the molecule is COc1c[c-]cc(C)c1.[Cl-].[Mg+2]. The maximum atomic E-state index is 4.96. The van der Waals surface area contributed by atoms with E-state index in [0.29, 0.717) is 0 Å². The molecule has 0 aliphatic heterocycles. The van der Waals surface area contributed by atoms with Crippen molar-refractivity contribution in [2.45, 2.75) is 6.92 Å². The first-order valence-electron chi connectivity index (χ1n) is 2.84. The van der Waals surface area contributed by atoms with Gasteiger partial charge in [0.1, 0.15) is 0 Å². The molecule has 11 heavy (non-hydrogen) atoms. The molecule has 0 saturated carbocycles. The largest absolute Gasteiger partial charge is 2.00 e. The van der Waals surface area contributed by atoms with Crippen LogP contribution >= 0.6 is 0 Å². The average molecular weight is 181 g/mol. The molecule has 3 heteroatoms. The molecular formula is C8H9ClMgO. The van der Waals surface area contributed by atoms with Gasteiger partial charge in [0.2, 0.25) is 0 Å². The van der Waals surface area contributed by atoms with Crippen LogP contribution < -0.4 is 17.1 Å². The zero-order valence-electron chi connectivity index (χ0n) is 6.73. The van der Waals surface area contributed by atoms with Gasteiger partial charge in [-0.2, -0.15) is 17.7 Å². The van der Waals surface area contributed by atoms with Gasteiger partial charge in [-0.05, 0) is 0 Å². The number of halogens is 1. The maximum absolute atomic E-state index is 4.96. The van der Waals surface area contributed by atoms with E-state index in [4.69, 9.17) is 4.74 Å². The molecule has 0 aromatic heterocycles. The van der Waals surface area contributed by atoms with E-state index in [-0.39, 0.29) is 35.5 Å². The van der Waals surface area contributed by atoms with Gasteiger partial charge >= 0.3 is 23.1 Å². The molecule has 0 spiro atoms. The first kappa shape index (κ1) is 13.7. The van der Waals surface area contributed by atoms with Crippen LogP contribution in [0.4, 0.5) is 0 Å². The third-order valence-electron chi connectivity index (χ3n) is 1.14. The van der Waals surface area contributed by atoms with Gasteiger partial charge in [-0.15, -0.1) is 12.1 Å². The van der Waals surface area contributed by atoms with Gasteiger partial charge < -0.3 is 17.1 Å². The summed E-state index contributed by atoms with van der Waals surface area (Å²) < 4.78 is 4.96. The topological polar surface area (TPSA) is 9.23 Å². The minimum absolute atomic E-state index is 0. The van der Waals surface area contributed by atoms with Crippen molar-refractivity contribution >= 4 is 23.1 Å². The predicted octanol–water partition coefficient (Wildman–Crippen LogP) is -1.57. The standard InChI is InChI=1S/C8H9O.ClH.Mg/c1-7-4-3-5-8(6-7)9-2;;/h4-6H,1-2H3;1H;/q-1;;+2/p-1. The molecule has 56 valence electrons. The molecule has 1 nitrogen and oxygen atoms in total. The van der Waals surface area contributed by atoms with E-state index in [1.807, 2.05) is 25.1 Å². The molecule has 0 radical (unpaired) electrons. The van der Waals surface area contributed by atoms with Crippen LogP contribution in [0.1, 0.15) is 5.56 Å². The second-order valence-corrected chi connectivity index (χ2v) is 1.95. The van der Waals surface area contributed by atoms with Crippen LogP contribution in [0.5, 0.6) is 5.75 Å². The molecule has 0 fully saturated rings. The minimum Gasteiger partial charge on any atom is -1.00 e. The smallest absolute Gasteiger partial charge is 1.00 e. The number of rotatable bonds is 1. The van der Waals surface area contributed by atoms with Crippen LogP contribution in [0.2, 0.25) is 0 Å². The average Bonchev–Trinajstić information content (AvgIpc) is 1.88. The van der Waals surface area contributed by atoms with Gasteiger partial charge in [-0.25, -0.2) is 0 Å². The van der Waals surface area contributed by atoms with Gasteiger partial charge in [0.05, 0.1) is 7.11 Å². The zero-order chi connectivity index (χ0) is 6.69. The minimum atomic E-state index is 0. The summed E-state index contributed by atoms with van der Waals surface area (Å²) in [4.78, 5) is 0. The summed E-state index contributed by atoms with van der Waals surface area (Å²) in [6.07, 6.45) is 0. The van der Waals surface area contributed by atoms with E-state index in [0.717, 1.165) is 5.75 Å². The Hall–Kier alpha value is 0.0762. The van der Waals surface area contributed by atoms with Crippen molar-refractivity contribution in [1.82, 2.24) is 0 Å². The Morgan fingerprint density at radius 2 is 2.00 bits per heavy atom. The van der Waals surface area contributed by atoms with Gasteiger partial charge in [0.25, 0.3) is 0 Å². The molecule has 0 aliphatic carbocycles. The maximum Gasteiger partial charge on any atom is 2.00 e. The summed E-state index contributed by atoms with van der Waals surface area (Å²) >= 11 is 0. The monoisotopic (exact) mass is 180 g/mol. The van der Waals surface area contributed by atoms with Gasteiger partial charge in [0, 0.05) is 5.75 Å². The van der Waals surface area contributed by atoms with E-state index in [2.05, 4.69) is 6.07 Å². The fraction of sp³-hybridized carbons (Fsp3) is 0.250. The van der Waals surface area contributed by atoms with Crippen molar-refractivity contribution < 1.29 is 17.1 Å². The normalized spacial score (nSPS) is 7.45. The van der Waals surface area contributed by atoms with Crippen molar-refractivity contribution in [3.63, 3.8) is 0 Å². The third-order valence-corrected chi connectivity index (χ3v) is 1.14. The van der Waals surface area contributed by atoms with E-state index < -0.39 is 0 Å². The molecule has 1 aromatic carbocycles. The molecule has 0 N–H and O–H groups in total. The van der Waals surface area contributed by atoms with Crippen molar-refractivity contribution in [3.05, 3.63) is 29.8 Å². The molecule has 0 aliphatic rings. The Morgan fingerprint density at radius 1 is 1.36 bits per heavy atom. The van der Waals surface area contributed by atoms with Crippen molar-refractivity contribution in [1.29, 1.82) is 0 Å². The van der Waals surface area contributed by atoms with E-state index in [1.54, 1.807) is 7.11 Å². The second-order valence-electron chi connectivity index (χ2n) is 1.95. The summed E-state index contributed by atoms with van der Waals surface area (Å²) in [7, 11) is 1.66. The molecule has 0 atom stereocenters. The Balaban J connectivity index is 0. The van der Waals surface area contributed by atoms with Crippen molar-refractivity contribution in [2.24, 2.45) is 0 Å². The Morgan fingerprint density at radius 3 is 2.36 bits per heavy atom. The molecule has 0 unspecified atom stereocenters. The van der Waals surface area contributed by atoms with Crippen LogP contribution in [-0.2, 0) is 0 Å². The molecule has 0 bridgehead atoms. The van der Waals surface area contributed by atoms with Gasteiger partial charge in [0.15, 0.2) is 0 Å². The van der Waals surface area contributed by atoms with Crippen LogP contribution in [0.3, 0.4) is 0 Å². The van der Waals surface area contributed by atoms with Crippen molar-refractivity contribution in [2.75, 3.05) is 7.11 Å². The van der Waals surface area contributed by atoms with Crippen molar-refractivity contribution in [3.8, 4) is 5.75 Å². The fourth-order valence-corrected chi connectivity index (χ4v) is 0.681. The predicted molar refractivity (Wildman–Crippen MR) is 42.3 cm³/mol. The zero-order valence-corrected chi connectivity index (χ0v) is 8.90. The van der Waals surface area contributed by atoms with Crippen LogP contribution in [0.15, 0.2) is 18.2 Å². The number of aryl methyl sites for hydroxylation is 1. The second kappa shape index (κ2) is 6.77. The van der Waals surface area contributed by atoms with Crippen LogP contribution in [0, 0.1) is 13.0 Å². The molecular weight excluding hydrogens is 172 g/mol. The number of ether oxygens (including phenoxy) is 1. The van der Waals surface area contributed by atoms with Crippen LogP contribution in [0.25, 0.3) is 0 Å². The van der Waals surface area contributed by atoms with Gasteiger partial charge in [-0.3, -0.25) is 0 Å². The fourth-order valence-electron chi connectivity index (χ4n) is 0.681. The summed E-state index contributed by atoms with van der Waals surface area (Å²) in [6, 6.07) is 8.66. The number of methoxy groups -OCH3 is 1. The van der Waals surface area contributed by atoms with Gasteiger partial charge in [-0.1, -0.05) is 6.92 Å². The summed E-state index contributed by atoms with van der Waals surface area (Å²) in [6.45, 7) is 2.01. The number of hydrogen-bond acceptors (Lipinski definition) is 1. The molecule has 1 aromatic rings.